The van der Waals surface area contributed by atoms with Gasteiger partial charge in [0.2, 0.25) is 5.91 Å². The number of Topliss-reactive ketones (excluding diaryl/α,β-unsaturated/α-hetero) is 1. The molecular formula is C24H29N3O2. The van der Waals surface area contributed by atoms with Gasteiger partial charge in [-0.2, -0.15) is 0 Å². The van der Waals surface area contributed by atoms with Gasteiger partial charge in [0.1, 0.15) is 6.04 Å². The highest BCUT2D eigenvalue weighted by Crippen LogP contribution is 2.27. The van der Waals surface area contributed by atoms with Crippen LogP contribution in [-0.2, 0) is 4.79 Å². The lowest BCUT2D eigenvalue weighted by atomic mass is 10.0. The summed E-state index contributed by atoms with van der Waals surface area (Å²) in [5, 5.41) is 0. The molecule has 1 unspecified atom stereocenters. The highest BCUT2D eigenvalue weighted by Gasteiger charge is 2.34. The molecule has 2 aromatic rings. The van der Waals surface area contributed by atoms with E-state index in [1.165, 1.54) is 0 Å². The van der Waals surface area contributed by atoms with Gasteiger partial charge in [0.05, 0.1) is 0 Å². The van der Waals surface area contributed by atoms with Gasteiger partial charge in [-0.15, -0.1) is 0 Å². The molecule has 29 heavy (non-hydrogen) atoms. The number of piperazine rings is 1. The Morgan fingerprint density at radius 2 is 1.41 bits per heavy atom. The number of carbonyl (C=O) groups excluding carboxylic acids is 2. The van der Waals surface area contributed by atoms with E-state index in [0.29, 0.717) is 0 Å². The third kappa shape index (κ3) is 4.35. The van der Waals surface area contributed by atoms with E-state index in [9.17, 15) is 9.59 Å². The standard InChI is InChI=1S/C24H29N3O2/c1-19(28)20-9-11-22(12-10-20)25-15-17-26(18-16-25)23(21-7-3-2-4-8-21)24(29)27-13-5-6-14-27/h2-4,7-12,23H,5-6,13-18H2,1H3. The molecule has 1 atom stereocenters. The van der Waals surface area contributed by atoms with Crippen molar-refractivity contribution in [1.29, 1.82) is 0 Å². The maximum atomic E-state index is 13.3. The normalized spacial score (nSPS) is 18.7. The SMILES string of the molecule is CC(=O)c1ccc(N2CCN(C(C(=O)N3CCCC3)c3ccccc3)CC2)cc1. The van der Waals surface area contributed by atoms with Gasteiger partial charge in [-0.05, 0) is 49.6 Å². The van der Waals surface area contributed by atoms with Crippen LogP contribution in [0.25, 0.3) is 0 Å². The number of benzene rings is 2. The average molecular weight is 392 g/mol. The van der Waals surface area contributed by atoms with Crippen molar-refractivity contribution in [3.63, 3.8) is 0 Å². The van der Waals surface area contributed by atoms with Crippen LogP contribution in [0.5, 0.6) is 0 Å². The van der Waals surface area contributed by atoms with E-state index in [-0.39, 0.29) is 17.7 Å². The summed E-state index contributed by atoms with van der Waals surface area (Å²) in [6, 6.07) is 17.8. The van der Waals surface area contributed by atoms with Gasteiger partial charge in [-0.25, -0.2) is 0 Å². The number of hydrogen-bond acceptors (Lipinski definition) is 4. The Bertz CT molecular complexity index is 836. The first-order valence-electron chi connectivity index (χ1n) is 10.6. The molecule has 0 spiro atoms. The number of rotatable bonds is 5. The molecule has 5 heteroatoms. The maximum absolute atomic E-state index is 13.3. The molecule has 0 radical (unpaired) electrons. The fourth-order valence-electron chi connectivity index (χ4n) is 4.40. The summed E-state index contributed by atoms with van der Waals surface area (Å²) in [6.45, 7) is 6.78. The number of anilines is 1. The van der Waals surface area contributed by atoms with Crippen LogP contribution in [0.1, 0.15) is 41.7 Å². The molecule has 0 aromatic heterocycles. The van der Waals surface area contributed by atoms with Crippen LogP contribution >= 0.6 is 0 Å². The van der Waals surface area contributed by atoms with Crippen molar-refractivity contribution in [2.45, 2.75) is 25.8 Å². The molecule has 0 bridgehead atoms. The smallest absolute Gasteiger partial charge is 0.244 e. The van der Waals surface area contributed by atoms with Crippen LogP contribution in [0.3, 0.4) is 0 Å². The third-order valence-corrected chi connectivity index (χ3v) is 6.09. The molecule has 0 aliphatic carbocycles. The maximum Gasteiger partial charge on any atom is 0.244 e. The molecule has 152 valence electrons. The summed E-state index contributed by atoms with van der Waals surface area (Å²) in [5.74, 6) is 0.334. The van der Waals surface area contributed by atoms with E-state index >= 15 is 0 Å². The fourth-order valence-corrected chi connectivity index (χ4v) is 4.40. The number of hydrogen-bond donors (Lipinski definition) is 0. The van der Waals surface area contributed by atoms with Crippen molar-refractivity contribution in [3.8, 4) is 0 Å². The fraction of sp³-hybridized carbons (Fsp3) is 0.417. The number of amides is 1. The first-order valence-corrected chi connectivity index (χ1v) is 10.6. The summed E-state index contributed by atoms with van der Waals surface area (Å²) >= 11 is 0. The van der Waals surface area contributed by atoms with Crippen molar-refractivity contribution < 1.29 is 9.59 Å². The van der Waals surface area contributed by atoms with Crippen LogP contribution in [-0.4, -0.2) is 60.8 Å². The van der Waals surface area contributed by atoms with E-state index in [2.05, 4.69) is 21.9 Å². The van der Waals surface area contributed by atoms with Gasteiger partial charge in [0, 0.05) is 50.5 Å². The number of ketones is 1. The monoisotopic (exact) mass is 391 g/mol. The van der Waals surface area contributed by atoms with E-state index < -0.39 is 0 Å². The zero-order valence-corrected chi connectivity index (χ0v) is 17.1. The first-order chi connectivity index (χ1) is 14.1. The van der Waals surface area contributed by atoms with Gasteiger partial charge in [0.25, 0.3) is 0 Å². The Morgan fingerprint density at radius 1 is 0.793 bits per heavy atom. The van der Waals surface area contributed by atoms with Crippen molar-refractivity contribution >= 4 is 17.4 Å². The van der Waals surface area contributed by atoms with Crippen molar-refractivity contribution in [2.24, 2.45) is 0 Å². The molecule has 0 N–H and O–H groups in total. The summed E-state index contributed by atoms with van der Waals surface area (Å²) < 4.78 is 0. The predicted octanol–water partition coefficient (Wildman–Crippen LogP) is 3.37. The second kappa shape index (κ2) is 8.78. The Hall–Kier alpha value is -2.66. The second-order valence-corrected chi connectivity index (χ2v) is 7.97. The highest BCUT2D eigenvalue weighted by molar-refractivity contribution is 5.94. The topological polar surface area (TPSA) is 43.9 Å². The van der Waals surface area contributed by atoms with E-state index in [4.69, 9.17) is 0 Å². The van der Waals surface area contributed by atoms with E-state index in [1.807, 2.05) is 47.4 Å². The van der Waals surface area contributed by atoms with Gasteiger partial charge < -0.3 is 9.80 Å². The molecule has 4 rings (SSSR count). The van der Waals surface area contributed by atoms with Crippen LogP contribution in [0.4, 0.5) is 5.69 Å². The van der Waals surface area contributed by atoms with Gasteiger partial charge in [-0.3, -0.25) is 14.5 Å². The van der Waals surface area contributed by atoms with Crippen molar-refractivity contribution in [2.75, 3.05) is 44.2 Å². The zero-order chi connectivity index (χ0) is 20.2. The van der Waals surface area contributed by atoms with Crippen LogP contribution in [0.15, 0.2) is 54.6 Å². The lowest BCUT2D eigenvalue weighted by molar-refractivity contribution is -0.136. The molecule has 2 fully saturated rings. The van der Waals surface area contributed by atoms with Crippen molar-refractivity contribution in [3.05, 3.63) is 65.7 Å². The summed E-state index contributed by atoms with van der Waals surface area (Å²) in [6.07, 6.45) is 2.22. The van der Waals surface area contributed by atoms with E-state index in [0.717, 1.165) is 68.9 Å². The average Bonchev–Trinajstić information content (AvgIpc) is 3.30. The highest BCUT2D eigenvalue weighted by atomic mass is 16.2. The lowest BCUT2D eigenvalue weighted by Crippen LogP contribution is -2.51. The van der Waals surface area contributed by atoms with Crippen LogP contribution in [0, 0.1) is 0 Å². The Balaban J connectivity index is 1.47. The quantitative estimate of drug-likeness (QED) is 0.733. The molecule has 2 aromatic carbocycles. The minimum Gasteiger partial charge on any atom is -0.369 e. The molecule has 2 aliphatic rings. The third-order valence-electron chi connectivity index (χ3n) is 6.09. The molecule has 2 aliphatic heterocycles. The minimum absolute atomic E-state index is 0.0903. The molecule has 1 amide bonds. The zero-order valence-electron chi connectivity index (χ0n) is 17.1. The summed E-state index contributed by atoms with van der Waals surface area (Å²) in [7, 11) is 0. The van der Waals surface area contributed by atoms with Crippen molar-refractivity contribution in [1.82, 2.24) is 9.80 Å². The Kier molecular flexibility index (Phi) is 5.95. The summed E-state index contributed by atoms with van der Waals surface area (Å²) in [4.78, 5) is 31.5. The van der Waals surface area contributed by atoms with Crippen LogP contribution < -0.4 is 4.90 Å². The number of likely N-dealkylation sites (tertiary alicyclic amines) is 1. The van der Waals surface area contributed by atoms with E-state index in [1.54, 1.807) is 6.92 Å². The van der Waals surface area contributed by atoms with Crippen LogP contribution in [0.2, 0.25) is 0 Å². The summed E-state index contributed by atoms with van der Waals surface area (Å²) in [5.41, 5.74) is 2.97. The van der Waals surface area contributed by atoms with Gasteiger partial charge >= 0.3 is 0 Å². The second-order valence-electron chi connectivity index (χ2n) is 7.97. The molecule has 2 saturated heterocycles. The lowest BCUT2D eigenvalue weighted by Gasteiger charge is -2.40. The minimum atomic E-state index is -0.198. The van der Waals surface area contributed by atoms with Gasteiger partial charge in [0.15, 0.2) is 5.78 Å². The Morgan fingerprint density at radius 3 is 2.00 bits per heavy atom. The first kappa shape index (κ1) is 19.6. The molecule has 2 heterocycles. The largest absolute Gasteiger partial charge is 0.369 e. The molecule has 5 nitrogen and oxygen atoms in total. The Labute approximate surface area is 172 Å². The molecule has 0 saturated carbocycles. The number of carbonyl (C=O) groups is 2. The predicted molar refractivity (Wildman–Crippen MR) is 115 cm³/mol. The molecular weight excluding hydrogens is 362 g/mol. The van der Waals surface area contributed by atoms with Gasteiger partial charge in [-0.1, -0.05) is 30.3 Å². The number of nitrogens with zero attached hydrogens (tertiary/aromatic N) is 3.